The van der Waals surface area contributed by atoms with Crippen LogP contribution >= 0.6 is 34.3 Å². The number of aromatic nitrogens is 4. The van der Waals surface area contributed by atoms with Crippen molar-refractivity contribution in [2.24, 2.45) is 0 Å². The number of hydrogen-bond donors (Lipinski definition) is 2. The number of nitrogens with zero attached hydrogens (tertiary/aromatic N) is 5. The van der Waals surface area contributed by atoms with Crippen LogP contribution in [0.2, 0.25) is 5.02 Å². The maximum absolute atomic E-state index is 12.5. The van der Waals surface area contributed by atoms with E-state index in [1.165, 1.54) is 28.7 Å². The molecular weight excluding hydrogens is 710 g/mol. The highest BCUT2D eigenvalue weighted by atomic mass is 35.5. The summed E-state index contributed by atoms with van der Waals surface area (Å²) < 4.78 is 54.9. The van der Waals surface area contributed by atoms with Gasteiger partial charge in [-0.15, -0.1) is 20.4 Å². The molecule has 0 spiro atoms. The van der Waals surface area contributed by atoms with Gasteiger partial charge in [-0.2, -0.15) is 0 Å². The Kier molecular flexibility index (Phi) is 13.4. The van der Waals surface area contributed by atoms with E-state index in [1.807, 2.05) is 42.5 Å². The Bertz CT molecular complexity index is 1980. The van der Waals surface area contributed by atoms with Crippen LogP contribution in [-0.2, 0) is 32.9 Å². The molecule has 2 heterocycles. The number of halogens is 1. The summed E-state index contributed by atoms with van der Waals surface area (Å²) in [7, 11) is -7.39. The quantitative estimate of drug-likeness (QED) is 0.121. The molecule has 2 aromatic heterocycles. The average molecular weight is 748 g/mol. The molecule has 2 N–H and O–H groups in total. The molecule has 0 amide bonds. The molecular formula is C32H38ClN7O4S4. The summed E-state index contributed by atoms with van der Waals surface area (Å²) in [4.78, 5) is 2.65. The van der Waals surface area contributed by atoms with Crippen LogP contribution in [-0.4, -0.2) is 61.8 Å². The van der Waals surface area contributed by atoms with Gasteiger partial charge in [-0.1, -0.05) is 110 Å². The SMILES string of the molecule is CCCc1ccc(S(=O)(=O)Nc2nnc(-c3ccccc3)s2)cc1.CCN(CC)CCc1nnc(NS(=O)(=O)c2cccc(Cl)c2C)s1. The Labute approximate surface area is 295 Å². The minimum absolute atomic E-state index is 0.148. The Balaban J connectivity index is 0.000000217. The van der Waals surface area contributed by atoms with E-state index < -0.39 is 20.0 Å². The van der Waals surface area contributed by atoms with Gasteiger partial charge in [0.25, 0.3) is 20.0 Å². The molecule has 5 rings (SSSR count). The summed E-state index contributed by atoms with van der Waals surface area (Å²) in [6.07, 6.45) is 2.71. The van der Waals surface area contributed by atoms with Crippen molar-refractivity contribution in [1.29, 1.82) is 0 Å². The molecule has 0 atom stereocenters. The van der Waals surface area contributed by atoms with Gasteiger partial charge in [-0.3, -0.25) is 9.44 Å². The zero-order valence-electron chi connectivity index (χ0n) is 27.1. The van der Waals surface area contributed by atoms with Crippen molar-refractivity contribution in [3.63, 3.8) is 0 Å². The lowest BCUT2D eigenvalue weighted by molar-refractivity contribution is 0.307. The standard InChI is InChI=1S/C17H17N3O2S2.C15H21ClN4O2S2/c1-2-6-13-9-11-15(12-10-13)24(21,22)20-17-19-18-16(23-17)14-7-4-3-5-8-14;1-4-20(5-2)10-9-14-17-18-15(23-14)19-24(21,22)13-8-6-7-12(16)11(13)3/h3-5,7-12H,2,6H2,1H3,(H,19,20);6-8H,4-5,9-10H2,1-3H3,(H,18,19). The first-order valence-electron chi connectivity index (χ1n) is 15.3. The largest absolute Gasteiger partial charge is 0.303 e. The second-order valence-corrected chi connectivity index (χ2v) is 16.3. The van der Waals surface area contributed by atoms with Crippen molar-refractivity contribution < 1.29 is 16.8 Å². The predicted molar refractivity (Wildman–Crippen MR) is 195 cm³/mol. The van der Waals surface area contributed by atoms with Crippen molar-refractivity contribution in [2.45, 2.75) is 56.7 Å². The predicted octanol–water partition coefficient (Wildman–Crippen LogP) is 7.14. The van der Waals surface area contributed by atoms with Crippen LogP contribution in [0.5, 0.6) is 0 Å². The van der Waals surface area contributed by atoms with Gasteiger partial charge in [0.05, 0.1) is 9.79 Å². The van der Waals surface area contributed by atoms with E-state index in [9.17, 15) is 16.8 Å². The van der Waals surface area contributed by atoms with Crippen molar-refractivity contribution in [2.75, 3.05) is 29.1 Å². The normalized spacial score (nSPS) is 11.6. The summed E-state index contributed by atoms with van der Waals surface area (Å²) in [6.45, 7) is 10.8. The molecule has 16 heteroatoms. The number of rotatable bonds is 14. The van der Waals surface area contributed by atoms with Gasteiger partial charge in [0.15, 0.2) is 0 Å². The Morgan fingerprint density at radius 3 is 2.04 bits per heavy atom. The molecule has 0 saturated heterocycles. The zero-order valence-corrected chi connectivity index (χ0v) is 31.1. The monoisotopic (exact) mass is 747 g/mol. The lowest BCUT2D eigenvalue weighted by atomic mass is 10.1. The fourth-order valence-corrected chi connectivity index (χ4v) is 8.93. The van der Waals surface area contributed by atoms with Gasteiger partial charge >= 0.3 is 0 Å². The molecule has 11 nitrogen and oxygen atoms in total. The molecule has 0 fully saturated rings. The zero-order chi connectivity index (χ0) is 34.7. The number of benzene rings is 3. The van der Waals surface area contributed by atoms with Crippen LogP contribution in [0.1, 0.15) is 43.3 Å². The fraction of sp³-hybridized carbons (Fsp3) is 0.312. The Hall–Kier alpha value is -3.47. The third-order valence-corrected chi connectivity index (χ3v) is 12.5. The second-order valence-electron chi connectivity index (χ2n) is 10.5. The van der Waals surface area contributed by atoms with E-state index in [0.717, 1.165) is 55.0 Å². The summed E-state index contributed by atoms with van der Waals surface area (Å²) in [5, 5.41) is 18.4. The summed E-state index contributed by atoms with van der Waals surface area (Å²) in [5.74, 6) is 0. The molecule has 0 aliphatic carbocycles. The topological polar surface area (TPSA) is 147 Å². The number of anilines is 2. The van der Waals surface area contributed by atoms with Crippen molar-refractivity contribution >= 4 is 64.6 Å². The Morgan fingerprint density at radius 1 is 0.729 bits per heavy atom. The molecule has 0 radical (unpaired) electrons. The van der Waals surface area contributed by atoms with Crippen LogP contribution in [0.4, 0.5) is 10.3 Å². The molecule has 0 saturated carbocycles. The van der Waals surface area contributed by atoms with Gasteiger partial charge in [-0.05, 0) is 61.8 Å². The number of nitrogens with one attached hydrogen (secondary N) is 2. The fourth-order valence-electron chi connectivity index (χ4n) is 4.50. The van der Waals surface area contributed by atoms with E-state index in [0.29, 0.717) is 15.6 Å². The van der Waals surface area contributed by atoms with Crippen molar-refractivity contribution in [3.05, 3.63) is 94.0 Å². The summed E-state index contributed by atoms with van der Waals surface area (Å²) in [5.41, 5.74) is 2.54. The number of aryl methyl sites for hydroxylation is 1. The lowest BCUT2D eigenvalue weighted by Gasteiger charge is -2.16. The first-order valence-corrected chi connectivity index (χ1v) is 20.3. The van der Waals surface area contributed by atoms with Gasteiger partial charge < -0.3 is 4.90 Å². The Morgan fingerprint density at radius 2 is 1.38 bits per heavy atom. The molecule has 0 aliphatic heterocycles. The van der Waals surface area contributed by atoms with Crippen LogP contribution in [0.25, 0.3) is 10.6 Å². The second kappa shape index (κ2) is 17.3. The van der Waals surface area contributed by atoms with Gasteiger partial charge in [0, 0.05) is 23.6 Å². The van der Waals surface area contributed by atoms with E-state index in [-0.39, 0.29) is 20.1 Å². The van der Waals surface area contributed by atoms with E-state index in [2.05, 4.69) is 55.5 Å². The maximum Gasteiger partial charge on any atom is 0.264 e. The highest BCUT2D eigenvalue weighted by Gasteiger charge is 2.21. The maximum atomic E-state index is 12.5. The van der Waals surface area contributed by atoms with Crippen LogP contribution in [0.15, 0.2) is 82.6 Å². The van der Waals surface area contributed by atoms with Crippen LogP contribution < -0.4 is 9.44 Å². The first kappa shape index (κ1) is 37.4. The van der Waals surface area contributed by atoms with Gasteiger partial charge in [0.1, 0.15) is 10.0 Å². The number of hydrogen-bond acceptors (Lipinski definition) is 11. The van der Waals surface area contributed by atoms with E-state index in [4.69, 9.17) is 11.6 Å². The third-order valence-electron chi connectivity index (χ3n) is 7.17. The van der Waals surface area contributed by atoms with Crippen LogP contribution in [0, 0.1) is 6.92 Å². The highest BCUT2D eigenvalue weighted by molar-refractivity contribution is 7.93. The minimum Gasteiger partial charge on any atom is -0.303 e. The molecule has 0 aliphatic rings. The molecule has 5 aromatic rings. The van der Waals surface area contributed by atoms with Crippen molar-refractivity contribution in [1.82, 2.24) is 25.3 Å². The smallest absolute Gasteiger partial charge is 0.264 e. The van der Waals surface area contributed by atoms with Gasteiger partial charge in [0.2, 0.25) is 10.3 Å². The minimum atomic E-state index is -3.73. The lowest BCUT2D eigenvalue weighted by Crippen LogP contribution is -2.25. The third kappa shape index (κ3) is 10.3. The molecule has 3 aromatic carbocycles. The molecule has 0 bridgehead atoms. The molecule has 48 heavy (non-hydrogen) atoms. The van der Waals surface area contributed by atoms with Gasteiger partial charge in [-0.25, -0.2) is 16.8 Å². The highest BCUT2D eigenvalue weighted by Crippen LogP contribution is 2.28. The summed E-state index contributed by atoms with van der Waals surface area (Å²) >= 11 is 8.46. The van der Waals surface area contributed by atoms with Crippen LogP contribution in [0.3, 0.4) is 0 Å². The van der Waals surface area contributed by atoms with E-state index in [1.54, 1.807) is 31.2 Å². The molecule has 0 unspecified atom stereocenters. The number of sulfonamides is 2. The first-order chi connectivity index (χ1) is 23.0. The number of likely N-dealkylation sites (N-methyl/N-ethyl adjacent to an activating group) is 1. The average Bonchev–Trinajstić information content (AvgIpc) is 3.73. The molecule has 256 valence electrons. The summed E-state index contributed by atoms with van der Waals surface area (Å²) in [6, 6.07) is 21.2. The van der Waals surface area contributed by atoms with Crippen molar-refractivity contribution in [3.8, 4) is 10.6 Å². The van der Waals surface area contributed by atoms with E-state index >= 15 is 0 Å².